The van der Waals surface area contributed by atoms with E-state index in [-0.39, 0.29) is 18.2 Å². The van der Waals surface area contributed by atoms with Crippen molar-refractivity contribution < 1.29 is 13.6 Å². The summed E-state index contributed by atoms with van der Waals surface area (Å²) < 4.78 is 25.8. The molecule has 0 aromatic carbocycles. The number of alkyl halides is 2. The molecule has 118 valence electrons. The van der Waals surface area contributed by atoms with Crippen LogP contribution in [0.2, 0.25) is 0 Å². The normalized spacial score (nSPS) is 18.9. The van der Waals surface area contributed by atoms with E-state index in [9.17, 15) is 13.6 Å². The molecule has 1 fully saturated rings. The first-order chi connectivity index (χ1) is 9.83. The fourth-order valence-corrected chi connectivity index (χ4v) is 2.74. The van der Waals surface area contributed by atoms with Gasteiger partial charge < -0.3 is 4.90 Å². The molecule has 0 aromatic heterocycles. The summed E-state index contributed by atoms with van der Waals surface area (Å²) in [5.74, 6) is -0.351. The van der Waals surface area contributed by atoms with Crippen LogP contribution in [-0.4, -0.2) is 29.6 Å². The number of hydrogen-bond donors (Lipinski definition) is 0. The van der Waals surface area contributed by atoms with E-state index in [4.69, 9.17) is 0 Å². The van der Waals surface area contributed by atoms with Crippen molar-refractivity contribution in [1.82, 2.24) is 4.90 Å². The second kappa shape index (κ2) is 8.43. The summed E-state index contributed by atoms with van der Waals surface area (Å²) in [4.78, 5) is 14.2. The third-order valence-corrected chi connectivity index (χ3v) is 3.62. The molecule has 0 bridgehead atoms. The molecule has 2 nitrogen and oxygen atoms in total. The van der Waals surface area contributed by atoms with Crippen LogP contribution in [0.3, 0.4) is 0 Å². The number of likely N-dealkylation sites (tertiary alicyclic amines) is 1. The van der Waals surface area contributed by atoms with Gasteiger partial charge in [-0.1, -0.05) is 47.0 Å². The standard InChI is InChI=1S/C16H24F2NOP/c1-3-7-14(9-8-13(2)12-16(17,18)21)15(20)19-10-5-4-6-11-19/h3,7-9,13H,1,4-6,10-12,21H2,2H3/b9-8-,14-7+. The van der Waals surface area contributed by atoms with Gasteiger partial charge in [0, 0.05) is 25.1 Å². The summed E-state index contributed by atoms with van der Waals surface area (Å²) in [7, 11) is 1.55. The predicted octanol–water partition coefficient (Wildman–Crippen LogP) is 4.16. The topological polar surface area (TPSA) is 20.3 Å². The molecule has 0 N–H and O–H groups in total. The SMILES string of the molecule is C=C/C=C(\C=C/C(C)CC(F)(F)P)C(=O)N1CCCCC1. The van der Waals surface area contributed by atoms with Crippen LogP contribution in [0.1, 0.15) is 32.6 Å². The molecule has 21 heavy (non-hydrogen) atoms. The lowest BCUT2D eigenvalue weighted by Gasteiger charge is -2.27. The smallest absolute Gasteiger partial charge is 0.259 e. The highest BCUT2D eigenvalue weighted by molar-refractivity contribution is 7.18. The summed E-state index contributed by atoms with van der Waals surface area (Å²) in [6.45, 7) is 6.85. The molecular formula is C16H24F2NOP. The third-order valence-electron chi connectivity index (χ3n) is 3.39. The zero-order valence-corrected chi connectivity index (χ0v) is 13.7. The summed E-state index contributed by atoms with van der Waals surface area (Å²) in [5.41, 5.74) is -2.27. The maximum Gasteiger partial charge on any atom is 0.259 e. The summed E-state index contributed by atoms with van der Waals surface area (Å²) in [6, 6.07) is 0. The predicted molar refractivity (Wildman–Crippen MR) is 86.3 cm³/mol. The fraction of sp³-hybridized carbons (Fsp3) is 0.562. The highest BCUT2D eigenvalue weighted by Crippen LogP contribution is 2.30. The van der Waals surface area contributed by atoms with Gasteiger partial charge in [-0.15, -0.1) is 0 Å². The molecule has 0 aliphatic carbocycles. The zero-order valence-electron chi connectivity index (χ0n) is 12.5. The van der Waals surface area contributed by atoms with Crippen molar-refractivity contribution in [3.8, 4) is 0 Å². The molecule has 1 rings (SSSR count). The number of amides is 1. The molecule has 5 heteroatoms. The van der Waals surface area contributed by atoms with Crippen molar-refractivity contribution in [3.05, 3.63) is 36.5 Å². The molecule has 2 unspecified atom stereocenters. The van der Waals surface area contributed by atoms with Crippen molar-refractivity contribution in [2.75, 3.05) is 13.1 Å². The van der Waals surface area contributed by atoms with Gasteiger partial charge in [0.05, 0.1) is 0 Å². The second-order valence-electron chi connectivity index (χ2n) is 5.51. The fourth-order valence-electron chi connectivity index (χ4n) is 2.37. The van der Waals surface area contributed by atoms with Crippen LogP contribution in [0.5, 0.6) is 0 Å². The molecule has 0 aromatic rings. The average Bonchev–Trinajstić information content (AvgIpc) is 2.42. The van der Waals surface area contributed by atoms with Crippen LogP contribution in [0.15, 0.2) is 36.5 Å². The maximum absolute atomic E-state index is 12.9. The Kier molecular flexibility index (Phi) is 7.24. The Labute approximate surface area is 128 Å². The summed E-state index contributed by atoms with van der Waals surface area (Å²) in [5, 5.41) is 0. The first-order valence-electron chi connectivity index (χ1n) is 7.30. The highest BCUT2D eigenvalue weighted by atomic mass is 31.0. The van der Waals surface area contributed by atoms with Gasteiger partial charge in [0.1, 0.15) is 0 Å². The molecule has 1 aliphatic rings. The van der Waals surface area contributed by atoms with Crippen molar-refractivity contribution in [2.45, 2.75) is 38.3 Å². The van der Waals surface area contributed by atoms with Gasteiger partial charge in [-0.05, 0) is 25.2 Å². The minimum Gasteiger partial charge on any atom is -0.339 e. The van der Waals surface area contributed by atoms with E-state index in [0.717, 1.165) is 32.4 Å². The summed E-state index contributed by atoms with van der Waals surface area (Å²) in [6.07, 6.45) is 9.43. The van der Waals surface area contributed by atoms with Crippen molar-refractivity contribution in [1.29, 1.82) is 0 Å². The van der Waals surface area contributed by atoms with Gasteiger partial charge in [-0.2, -0.15) is 0 Å². The van der Waals surface area contributed by atoms with Gasteiger partial charge in [-0.25, -0.2) is 8.78 Å². The van der Waals surface area contributed by atoms with Gasteiger partial charge in [-0.3, -0.25) is 4.79 Å². The molecule has 1 amide bonds. The molecule has 0 saturated carbocycles. The first kappa shape index (κ1) is 18.0. The first-order valence-corrected chi connectivity index (χ1v) is 7.88. The Balaban J connectivity index is 2.71. The van der Waals surface area contributed by atoms with Crippen LogP contribution in [-0.2, 0) is 4.79 Å². The molecule has 1 heterocycles. The van der Waals surface area contributed by atoms with Crippen molar-refractivity contribution in [3.63, 3.8) is 0 Å². The van der Waals surface area contributed by atoms with Crippen LogP contribution in [0.4, 0.5) is 8.78 Å². The lowest BCUT2D eigenvalue weighted by molar-refractivity contribution is -0.127. The Morgan fingerprint density at radius 2 is 2.00 bits per heavy atom. The molecule has 2 atom stereocenters. The molecule has 0 spiro atoms. The van der Waals surface area contributed by atoms with Crippen LogP contribution >= 0.6 is 9.24 Å². The van der Waals surface area contributed by atoms with E-state index in [0.29, 0.717) is 5.57 Å². The van der Waals surface area contributed by atoms with E-state index in [2.05, 4.69) is 6.58 Å². The monoisotopic (exact) mass is 315 g/mol. The number of halogens is 2. The van der Waals surface area contributed by atoms with Crippen LogP contribution in [0, 0.1) is 5.92 Å². The zero-order chi connectivity index (χ0) is 15.9. The largest absolute Gasteiger partial charge is 0.339 e. The Morgan fingerprint density at radius 1 is 1.38 bits per heavy atom. The highest BCUT2D eigenvalue weighted by Gasteiger charge is 2.24. The molecule has 1 aliphatic heterocycles. The van der Waals surface area contributed by atoms with E-state index in [1.807, 2.05) is 4.90 Å². The minimum atomic E-state index is -2.77. The molecule has 0 radical (unpaired) electrons. The lowest BCUT2D eigenvalue weighted by Crippen LogP contribution is -2.36. The third kappa shape index (κ3) is 6.99. The van der Waals surface area contributed by atoms with Gasteiger partial charge in [0.15, 0.2) is 0 Å². The molecule has 1 saturated heterocycles. The molecular weight excluding hydrogens is 291 g/mol. The Morgan fingerprint density at radius 3 is 2.52 bits per heavy atom. The van der Waals surface area contributed by atoms with E-state index in [1.54, 1.807) is 40.5 Å². The Hall–Kier alpha value is -1.02. The number of hydrogen-bond acceptors (Lipinski definition) is 1. The minimum absolute atomic E-state index is 0.0457. The van der Waals surface area contributed by atoms with Crippen molar-refractivity contribution >= 4 is 15.1 Å². The number of carbonyl (C=O) groups excluding carboxylic acids is 1. The van der Waals surface area contributed by atoms with Crippen LogP contribution < -0.4 is 0 Å². The quantitative estimate of drug-likeness (QED) is 0.409. The number of rotatable bonds is 6. The van der Waals surface area contributed by atoms with E-state index < -0.39 is 5.66 Å². The number of nitrogens with zero attached hydrogens (tertiary/aromatic N) is 1. The second-order valence-corrected chi connectivity index (χ2v) is 6.36. The number of carbonyl (C=O) groups is 1. The van der Waals surface area contributed by atoms with Crippen molar-refractivity contribution in [2.24, 2.45) is 5.92 Å². The maximum atomic E-state index is 12.9. The van der Waals surface area contributed by atoms with Crippen LogP contribution in [0.25, 0.3) is 0 Å². The summed E-state index contributed by atoms with van der Waals surface area (Å²) >= 11 is 0. The lowest BCUT2D eigenvalue weighted by atomic mass is 10.0. The van der Waals surface area contributed by atoms with E-state index >= 15 is 0 Å². The number of piperidine rings is 1. The van der Waals surface area contributed by atoms with Gasteiger partial charge in [0.25, 0.3) is 11.6 Å². The van der Waals surface area contributed by atoms with E-state index in [1.165, 1.54) is 0 Å². The average molecular weight is 315 g/mol. The van der Waals surface area contributed by atoms with Gasteiger partial charge >= 0.3 is 0 Å². The Bertz CT molecular complexity index is 420. The number of allylic oxidation sites excluding steroid dienone is 3. The van der Waals surface area contributed by atoms with Gasteiger partial charge in [0.2, 0.25) is 0 Å².